The number of ether oxygens (including phenoxy) is 1. The van der Waals surface area contributed by atoms with Crippen molar-refractivity contribution in [2.45, 2.75) is 84.5 Å². The normalized spacial score (nSPS) is 21.6. The number of carbonyl (C=O) groups excluding carboxylic acids is 1. The van der Waals surface area contributed by atoms with Gasteiger partial charge in [-0.05, 0) is 67.4 Å². The van der Waals surface area contributed by atoms with Gasteiger partial charge in [-0.2, -0.15) is 5.26 Å². The van der Waals surface area contributed by atoms with E-state index in [-0.39, 0.29) is 36.0 Å². The highest BCUT2D eigenvalue weighted by Gasteiger charge is 2.31. The van der Waals surface area contributed by atoms with E-state index in [0.29, 0.717) is 18.7 Å². The fourth-order valence-corrected chi connectivity index (χ4v) is 6.12. The molecule has 1 saturated heterocycles. The van der Waals surface area contributed by atoms with E-state index in [1.54, 1.807) is 6.08 Å². The van der Waals surface area contributed by atoms with E-state index in [0.717, 1.165) is 40.8 Å². The molecule has 1 fully saturated rings. The van der Waals surface area contributed by atoms with Gasteiger partial charge in [0, 0.05) is 30.2 Å². The number of aromatic nitrogens is 2. The Morgan fingerprint density at radius 3 is 2.50 bits per heavy atom. The standard InChI is InChI=1S/C32H38N4O2/c1-19(2)25-15-27(20(3)4)34-32-31(25)26(16-33)29(13-14-30(37)35-17-21(5)38-22(6)18-35)36(32)28-12-11-23-9-7-8-10-24(23)28/h7-10,13-15,19-22,28H,11-12,17-18H2,1-6H3/b14-13+. The molecule has 5 rings (SSSR count). The SMILES string of the molecule is CC1CN(C(=O)/C=C/c2c(C#N)c3c(C(C)C)cc(C(C)C)nc3n2C2CCc3ccccc32)CC(C)O1. The van der Waals surface area contributed by atoms with Gasteiger partial charge in [-0.25, -0.2) is 4.98 Å². The number of nitrogens with zero attached hydrogens (tertiary/aromatic N) is 4. The predicted octanol–water partition coefficient (Wildman–Crippen LogP) is 6.34. The van der Waals surface area contributed by atoms with Crippen molar-refractivity contribution in [3.63, 3.8) is 0 Å². The van der Waals surface area contributed by atoms with Crippen LogP contribution in [0.4, 0.5) is 0 Å². The highest BCUT2D eigenvalue weighted by Crippen LogP contribution is 2.42. The third-order valence-corrected chi connectivity index (χ3v) is 7.90. The van der Waals surface area contributed by atoms with Crippen LogP contribution in [0.1, 0.15) is 99.5 Å². The molecule has 6 heteroatoms. The molecule has 1 amide bonds. The van der Waals surface area contributed by atoms with Crippen molar-refractivity contribution in [2.75, 3.05) is 13.1 Å². The Morgan fingerprint density at radius 1 is 1.13 bits per heavy atom. The number of hydrogen-bond donors (Lipinski definition) is 0. The first-order chi connectivity index (χ1) is 18.2. The van der Waals surface area contributed by atoms with E-state index in [2.05, 4.69) is 68.7 Å². The number of hydrogen-bond acceptors (Lipinski definition) is 4. The smallest absolute Gasteiger partial charge is 0.246 e. The summed E-state index contributed by atoms with van der Waals surface area (Å²) in [5, 5.41) is 11.4. The fraction of sp³-hybridized carbons (Fsp3) is 0.469. The second-order valence-corrected chi connectivity index (χ2v) is 11.5. The Morgan fingerprint density at radius 2 is 1.84 bits per heavy atom. The Bertz CT molecular complexity index is 1430. The molecular formula is C32H38N4O2. The summed E-state index contributed by atoms with van der Waals surface area (Å²) in [5.41, 5.74) is 6.98. The third kappa shape index (κ3) is 4.65. The van der Waals surface area contributed by atoms with Gasteiger partial charge in [0.25, 0.3) is 0 Å². The highest BCUT2D eigenvalue weighted by atomic mass is 16.5. The molecule has 6 nitrogen and oxygen atoms in total. The molecule has 0 N–H and O–H groups in total. The summed E-state index contributed by atoms with van der Waals surface area (Å²) < 4.78 is 8.06. The molecule has 1 aromatic carbocycles. The largest absolute Gasteiger partial charge is 0.372 e. The molecule has 0 saturated carbocycles. The number of benzene rings is 1. The summed E-state index contributed by atoms with van der Waals surface area (Å²) in [6.45, 7) is 13.8. The molecule has 3 heterocycles. The molecule has 1 aliphatic heterocycles. The minimum Gasteiger partial charge on any atom is -0.372 e. The van der Waals surface area contributed by atoms with E-state index in [1.807, 2.05) is 24.8 Å². The maximum Gasteiger partial charge on any atom is 0.246 e. The Hall–Kier alpha value is -3.43. The van der Waals surface area contributed by atoms with Crippen molar-refractivity contribution in [1.29, 1.82) is 5.26 Å². The molecule has 0 bridgehead atoms. The lowest BCUT2D eigenvalue weighted by Crippen LogP contribution is -2.47. The molecule has 1 aliphatic carbocycles. The van der Waals surface area contributed by atoms with Gasteiger partial charge in [-0.3, -0.25) is 4.79 Å². The predicted molar refractivity (Wildman–Crippen MR) is 151 cm³/mol. The zero-order valence-electron chi connectivity index (χ0n) is 23.4. The number of nitriles is 1. The average Bonchev–Trinajstić information content (AvgIpc) is 3.43. The van der Waals surface area contributed by atoms with Crippen LogP contribution in [0.15, 0.2) is 36.4 Å². The van der Waals surface area contributed by atoms with E-state index >= 15 is 0 Å². The monoisotopic (exact) mass is 510 g/mol. The first-order valence-electron chi connectivity index (χ1n) is 13.9. The molecule has 3 aromatic rings. The van der Waals surface area contributed by atoms with Crippen molar-refractivity contribution < 1.29 is 9.53 Å². The topological polar surface area (TPSA) is 71.2 Å². The van der Waals surface area contributed by atoms with Crippen molar-refractivity contribution in [3.8, 4) is 6.07 Å². The molecule has 2 aromatic heterocycles. The number of morpholine rings is 1. The fourth-order valence-electron chi connectivity index (χ4n) is 6.12. The van der Waals surface area contributed by atoms with Crippen molar-refractivity contribution >= 4 is 23.0 Å². The second kappa shape index (κ2) is 10.4. The first kappa shape index (κ1) is 26.2. The van der Waals surface area contributed by atoms with Crippen LogP contribution in [0.25, 0.3) is 17.1 Å². The number of aryl methyl sites for hydroxylation is 1. The van der Waals surface area contributed by atoms with Crippen LogP contribution in [0.2, 0.25) is 0 Å². The molecule has 0 radical (unpaired) electrons. The summed E-state index contributed by atoms with van der Waals surface area (Å²) in [6, 6.07) is 13.3. The number of amides is 1. The maximum atomic E-state index is 13.3. The van der Waals surface area contributed by atoms with Gasteiger partial charge in [0.05, 0.1) is 29.5 Å². The summed E-state index contributed by atoms with van der Waals surface area (Å²) in [6.07, 6.45) is 5.41. The Balaban J connectivity index is 1.72. The van der Waals surface area contributed by atoms with Crippen molar-refractivity contribution in [2.24, 2.45) is 0 Å². The lowest BCUT2D eigenvalue weighted by molar-refractivity contribution is -0.137. The Kier molecular flexibility index (Phi) is 7.15. The molecule has 198 valence electrons. The molecular weight excluding hydrogens is 472 g/mol. The maximum absolute atomic E-state index is 13.3. The van der Waals surface area contributed by atoms with Crippen LogP contribution in [-0.2, 0) is 16.0 Å². The van der Waals surface area contributed by atoms with Crippen molar-refractivity contribution in [1.82, 2.24) is 14.5 Å². The van der Waals surface area contributed by atoms with E-state index in [9.17, 15) is 10.1 Å². The van der Waals surface area contributed by atoms with Crippen LogP contribution in [0.3, 0.4) is 0 Å². The van der Waals surface area contributed by atoms with Crippen LogP contribution < -0.4 is 0 Å². The van der Waals surface area contributed by atoms with Gasteiger partial charge in [0.2, 0.25) is 5.91 Å². The van der Waals surface area contributed by atoms with Crippen molar-refractivity contribution in [3.05, 3.63) is 70.0 Å². The molecule has 38 heavy (non-hydrogen) atoms. The summed E-state index contributed by atoms with van der Waals surface area (Å²) in [5.74, 6) is 0.429. The minimum absolute atomic E-state index is 0.000497. The third-order valence-electron chi connectivity index (χ3n) is 7.90. The van der Waals surface area contributed by atoms with Crippen LogP contribution >= 0.6 is 0 Å². The van der Waals surface area contributed by atoms with Crippen LogP contribution in [-0.4, -0.2) is 45.7 Å². The van der Waals surface area contributed by atoms with Gasteiger partial charge < -0.3 is 14.2 Å². The van der Waals surface area contributed by atoms with Gasteiger partial charge in [-0.1, -0.05) is 52.0 Å². The quantitative estimate of drug-likeness (QED) is 0.376. The van der Waals surface area contributed by atoms with Gasteiger partial charge in [0.15, 0.2) is 0 Å². The zero-order valence-corrected chi connectivity index (χ0v) is 23.4. The van der Waals surface area contributed by atoms with E-state index in [1.165, 1.54) is 11.1 Å². The summed E-state index contributed by atoms with van der Waals surface area (Å²) >= 11 is 0. The number of carbonyl (C=O) groups is 1. The van der Waals surface area contributed by atoms with E-state index < -0.39 is 0 Å². The molecule has 3 atom stereocenters. The minimum atomic E-state index is -0.0561. The van der Waals surface area contributed by atoms with Gasteiger partial charge in [-0.15, -0.1) is 0 Å². The summed E-state index contributed by atoms with van der Waals surface area (Å²) in [7, 11) is 0. The second-order valence-electron chi connectivity index (χ2n) is 11.5. The average molecular weight is 511 g/mol. The molecule has 3 unspecified atom stereocenters. The lowest BCUT2D eigenvalue weighted by Gasteiger charge is -2.34. The summed E-state index contributed by atoms with van der Waals surface area (Å²) in [4.78, 5) is 20.3. The number of rotatable bonds is 5. The molecule has 0 spiro atoms. The first-order valence-corrected chi connectivity index (χ1v) is 13.9. The van der Waals surface area contributed by atoms with E-state index in [4.69, 9.17) is 9.72 Å². The van der Waals surface area contributed by atoms with Gasteiger partial charge >= 0.3 is 0 Å². The zero-order chi connectivity index (χ0) is 27.1. The molecule has 2 aliphatic rings. The highest BCUT2D eigenvalue weighted by molar-refractivity contribution is 5.96. The number of pyridine rings is 1. The lowest BCUT2D eigenvalue weighted by atomic mass is 9.95. The van der Waals surface area contributed by atoms with Crippen LogP contribution in [0.5, 0.6) is 0 Å². The van der Waals surface area contributed by atoms with Crippen LogP contribution in [0, 0.1) is 11.3 Å². The number of fused-ring (bicyclic) bond motifs is 2. The van der Waals surface area contributed by atoms with Gasteiger partial charge in [0.1, 0.15) is 11.7 Å². The Labute approximate surface area is 225 Å².